The van der Waals surface area contributed by atoms with Crippen LogP contribution in [0.3, 0.4) is 0 Å². The monoisotopic (exact) mass is 291 g/mol. The van der Waals surface area contributed by atoms with Gasteiger partial charge in [-0.2, -0.15) is 0 Å². The predicted molar refractivity (Wildman–Crippen MR) is 78.1 cm³/mol. The van der Waals surface area contributed by atoms with Crippen LogP contribution in [0, 0.1) is 0 Å². The molecule has 5 heteroatoms. The zero-order valence-corrected chi connectivity index (χ0v) is 11.9. The summed E-state index contributed by atoms with van der Waals surface area (Å²) in [6.07, 6.45) is 1.92. The molecule has 4 nitrogen and oxygen atoms in total. The molecule has 0 aliphatic carbocycles. The molecule has 1 aliphatic rings. The molecule has 0 unspecified atom stereocenters. The summed E-state index contributed by atoms with van der Waals surface area (Å²) in [5.74, 6) is 0. The minimum absolute atomic E-state index is 0.00484. The number of hydrogen-bond acceptors (Lipinski definition) is 3. The van der Waals surface area contributed by atoms with Gasteiger partial charge in [-0.05, 0) is 35.7 Å². The Morgan fingerprint density at radius 1 is 1.15 bits per heavy atom. The van der Waals surface area contributed by atoms with Crippen LogP contribution in [-0.4, -0.2) is 27.7 Å². The Morgan fingerprint density at radius 2 is 1.95 bits per heavy atom. The van der Waals surface area contributed by atoms with Crippen molar-refractivity contribution in [2.24, 2.45) is 0 Å². The quantitative estimate of drug-likeness (QED) is 0.940. The highest BCUT2D eigenvalue weighted by Gasteiger charge is 2.20. The van der Waals surface area contributed by atoms with Crippen molar-refractivity contribution in [3.8, 4) is 0 Å². The minimum Gasteiger partial charge on any atom is -0.377 e. The maximum absolute atomic E-state index is 12.3. The van der Waals surface area contributed by atoms with Gasteiger partial charge in [-0.15, -0.1) is 0 Å². The van der Waals surface area contributed by atoms with Crippen molar-refractivity contribution >= 4 is 20.8 Å². The second kappa shape index (κ2) is 5.52. The number of sulfonamides is 1. The van der Waals surface area contributed by atoms with E-state index in [9.17, 15) is 8.42 Å². The maximum atomic E-state index is 12.3. The number of fused-ring (bicyclic) bond motifs is 1. The highest BCUT2D eigenvalue weighted by Crippen LogP contribution is 2.19. The van der Waals surface area contributed by atoms with E-state index in [1.807, 2.05) is 30.3 Å². The highest BCUT2D eigenvalue weighted by molar-refractivity contribution is 7.89. The average molecular weight is 291 g/mol. The van der Waals surface area contributed by atoms with E-state index < -0.39 is 10.0 Å². The Balaban J connectivity index is 1.80. The molecule has 0 aromatic heterocycles. The van der Waals surface area contributed by atoms with E-state index in [4.69, 9.17) is 4.74 Å². The van der Waals surface area contributed by atoms with Gasteiger partial charge < -0.3 is 4.74 Å². The fourth-order valence-electron chi connectivity index (χ4n) is 2.43. The normalized spacial score (nSPS) is 19.5. The Morgan fingerprint density at radius 3 is 2.70 bits per heavy atom. The summed E-state index contributed by atoms with van der Waals surface area (Å²) < 4.78 is 32.6. The zero-order chi connectivity index (χ0) is 14.0. The third kappa shape index (κ3) is 2.85. The second-order valence-corrected chi connectivity index (χ2v) is 6.76. The van der Waals surface area contributed by atoms with Crippen molar-refractivity contribution in [3.63, 3.8) is 0 Å². The lowest BCUT2D eigenvalue weighted by Gasteiger charge is -2.11. The summed E-state index contributed by atoms with van der Waals surface area (Å²) in [4.78, 5) is 0.300. The van der Waals surface area contributed by atoms with E-state index >= 15 is 0 Å². The van der Waals surface area contributed by atoms with Crippen LogP contribution < -0.4 is 4.72 Å². The molecule has 0 saturated carbocycles. The summed E-state index contributed by atoms with van der Waals surface area (Å²) in [5, 5.41) is 1.96. The molecular weight excluding hydrogens is 274 g/mol. The largest absolute Gasteiger partial charge is 0.377 e. The first-order valence-corrected chi connectivity index (χ1v) is 8.23. The average Bonchev–Trinajstić information content (AvgIpc) is 2.98. The van der Waals surface area contributed by atoms with Gasteiger partial charge in [0.25, 0.3) is 0 Å². The molecule has 2 aromatic carbocycles. The van der Waals surface area contributed by atoms with E-state index in [0.29, 0.717) is 11.4 Å². The summed E-state index contributed by atoms with van der Waals surface area (Å²) in [5.41, 5.74) is 0. The van der Waals surface area contributed by atoms with Crippen molar-refractivity contribution in [3.05, 3.63) is 42.5 Å². The number of benzene rings is 2. The van der Waals surface area contributed by atoms with Crippen LogP contribution in [0.2, 0.25) is 0 Å². The van der Waals surface area contributed by atoms with Crippen molar-refractivity contribution in [2.75, 3.05) is 13.2 Å². The molecule has 1 atom stereocenters. The van der Waals surface area contributed by atoms with Gasteiger partial charge in [-0.25, -0.2) is 13.1 Å². The molecule has 0 spiro atoms. The predicted octanol–water partition coefficient (Wildman–Crippen LogP) is 2.30. The maximum Gasteiger partial charge on any atom is 0.240 e. The molecule has 0 amide bonds. The second-order valence-electron chi connectivity index (χ2n) is 5.00. The molecule has 20 heavy (non-hydrogen) atoms. The van der Waals surface area contributed by atoms with Gasteiger partial charge in [-0.1, -0.05) is 30.3 Å². The minimum atomic E-state index is -3.47. The van der Waals surface area contributed by atoms with Gasteiger partial charge in [0, 0.05) is 13.2 Å². The number of rotatable bonds is 4. The van der Waals surface area contributed by atoms with Crippen LogP contribution in [0.15, 0.2) is 47.4 Å². The van der Waals surface area contributed by atoms with E-state index in [-0.39, 0.29) is 6.10 Å². The fraction of sp³-hybridized carbons (Fsp3) is 0.333. The molecule has 0 bridgehead atoms. The topological polar surface area (TPSA) is 55.4 Å². The van der Waals surface area contributed by atoms with Crippen LogP contribution in [0.5, 0.6) is 0 Å². The summed E-state index contributed by atoms with van der Waals surface area (Å²) in [6.45, 7) is 1.07. The molecule has 1 heterocycles. The molecule has 1 saturated heterocycles. The number of nitrogens with one attached hydrogen (secondary N) is 1. The lowest BCUT2D eigenvalue weighted by molar-refractivity contribution is 0.114. The van der Waals surface area contributed by atoms with Crippen LogP contribution in [-0.2, 0) is 14.8 Å². The molecular formula is C15H17NO3S. The SMILES string of the molecule is O=S(=O)(NC[C@H]1CCCO1)c1ccc2ccccc2c1. The van der Waals surface area contributed by atoms with Crippen molar-refractivity contribution in [1.29, 1.82) is 0 Å². The molecule has 3 rings (SSSR count). The van der Waals surface area contributed by atoms with Crippen LogP contribution in [0.25, 0.3) is 10.8 Å². The molecule has 2 aromatic rings. The summed E-state index contributed by atoms with van der Waals surface area (Å²) in [7, 11) is -3.47. The van der Waals surface area contributed by atoms with Crippen molar-refractivity contribution < 1.29 is 13.2 Å². The van der Waals surface area contributed by atoms with E-state index in [1.165, 1.54) is 0 Å². The van der Waals surface area contributed by atoms with E-state index in [0.717, 1.165) is 30.2 Å². The standard InChI is InChI=1S/C15H17NO3S/c17-20(18,16-11-14-6-3-9-19-14)15-8-7-12-4-1-2-5-13(12)10-15/h1-2,4-5,7-8,10,14,16H,3,6,9,11H2/t14-/m1/s1. The Kier molecular flexibility index (Phi) is 3.74. The molecule has 1 fully saturated rings. The number of hydrogen-bond donors (Lipinski definition) is 1. The van der Waals surface area contributed by atoms with Gasteiger partial charge >= 0.3 is 0 Å². The summed E-state index contributed by atoms with van der Waals surface area (Å²) >= 11 is 0. The first-order chi connectivity index (χ1) is 9.65. The molecule has 106 valence electrons. The van der Waals surface area contributed by atoms with Crippen LogP contribution in [0.1, 0.15) is 12.8 Å². The Bertz CT molecular complexity index is 706. The first-order valence-electron chi connectivity index (χ1n) is 6.75. The molecule has 1 aliphatic heterocycles. The third-order valence-electron chi connectivity index (χ3n) is 3.56. The molecule has 0 radical (unpaired) electrons. The van der Waals surface area contributed by atoms with Gasteiger partial charge in [-0.3, -0.25) is 0 Å². The van der Waals surface area contributed by atoms with Gasteiger partial charge in [0.05, 0.1) is 11.0 Å². The number of ether oxygens (including phenoxy) is 1. The van der Waals surface area contributed by atoms with Crippen LogP contribution >= 0.6 is 0 Å². The Labute approximate surface area is 118 Å². The zero-order valence-electron chi connectivity index (χ0n) is 11.1. The first kappa shape index (κ1) is 13.5. The van der Waals surface area contributed by atoms with E-state index in [1.54, 1.807) is 12.1 Å². The lowest BCUT2D eigenvalue weighted by atomic mass is 10.1. The van der Waals surface area contributed by atoms with E-state index in [2.05, 4.69) is 4.72 Å². The highest BCUT2D eigenvalue weighted by atomic mass is 32.2. The van der Waals surface area contributed by atoms with Gasteiger partial charge in [0.1, 0.15) is 0 Å². The summed E-state index contributed by atoms with van der Waals surface area (Å²) in [6, 6.07) is 12.9. The smallest absolute Gasteiger partial charge is 0.240 e. The van der Waals surface area contributed by atoms with Crippen LogP contribution in [0.4, 0.5) is 0 Å². The van der Waals surface area contributed by atoms with Gasteiger partial charge in [0.15, 0.2) is 0 Å². The third-order valence-corrected chi connectivity index (χ3v) is 4.98. The Hall–Kier alpha value is -1.43. The van der Waals surface area contributed by atoms with Crippen molar-refractivity contribution in [1.82, 2.24) is 4.72 Å². The lowest BCUT2D eigenvalue weighted by Crippen LogP contribution is -2.31. The van der Waals surface area contributed by atoms with Crippen molar-refractivity contribution in [2.45, 2.75) is 23.8 Å². The molecule has 1 N–H and O–H groups in total. The van der Waals surface area contributed by atoms with Gasteiger partial charge in [0.2, 0.25) is 10.0 Å². The fourth-order valence-corrected chi connectivity index (χ4v) is 3.53.